The van der Waals surface area contributed by atoms with Crippen LogP contribution in [0.15, 0.2) is 24.5 Å². The second-order valence-electron chi connectivity index (χ2n) is 4.75. The summed E-state index contributed by atoms with van der Waals surface area (Å²) in [5.74, 6) is 0.329. The molecule has 4 heteroatoms. The van der Waals surface area contributed by atoms with Crippen molar-refractivity contribution in [2.24, 2.45) is 11.7 Å². The molecule has 0 radical (unpaired) electrons. The van der Waals surface area contributed by atoms with E-state index in [0.717, 1.165) is 5.56 Å². The van der Waals surface area contributed by atoms with Crippen LogP contribution in [-0.4, -0.2) is 16.9 Å². The summed E-state index contributed by atoms with van der Waals surface area (Å²) < 4.78 is 0. The summed E-state index contributed by atoms with van der Waals surface area (Å²) >= 11 is 0. The molecule has 17 heavy (non-hydrogen) atoms. The first-order valence-corrected chi connectivity index (χ1v) is 5.96. The molecule has 1 aromatic heterocycles. The summed E-state index contributed by atoms with van der Waals surface area (Å²) in [7, 11) is 0. The van der Waals surface area contributed by atoms with Crippen LogP contribution in [0.4, 0.5) is 0 Å². The molecule has 0 bridgehead atoms. The Hall–Kier alpha value is -1.42. The molecule has 94 valence electrons. The number of pyridine rings is 1. The SMILES string of the molecule is CC(C)C[C@H](N)C(=O)N[C@@H](C)c1ccncc1. The average molecular weight is 235 g/mol. The maximum atomic E-state index is 11.8. The van der Waals surface area contributed by atoms with Gasteiger partial charge in [0.25, 0.3) is 0 Å². The Kier molecular flexibility index (Phi) is 5.10. The fraction of sp³-hybridized carbons (Fsp3) is 0.538. The van der Waals surface area contributed by atoms with Crippen LogP contribution in [0.3, 0.4) is 0 Å². The normalized spacial score (nSPS) is 14.4. The predicted molar refractivity (Wildman–Crippen MR) is 68.2 cm³/mol. The van der Waals surface area contributed by atoms with Gasteiger partial charge in [-0.05, 0) is 37.0 Å². The summed E-state index contributed by atoms with van der Waals surface area (Å²) in [4.78, 5) is 15.8. The smallest absolute Gasteiger partial charge is 0.237 e. The Morgan fingerprint density at radius 3 is 2.47 bits per heavy atom. The molecule has 0 spiro atoms. The average Bonchev–Trinajstić information content (AvgIpc) is 2.29. The third-order valence-corrected chi connectivity index (χ3v) is 2.63. The van der Waals surface area contributed by atoms with Crippen LogP contribution in [0.2, 0.25) is 0 Å². The molecule has 0 aliphatic rings. The van der Waals surface area contributed by atoms with E-state index in [4.69, 9.17) is 5.73 Å². The van der Waals surface area contributed by atoms with Crippen molar-refractivity contribution in [2.75, 3.05) is 0 Å². The van der Waals surface area contributed by atoms with Crippen LogP contribution in [-0.2, 0) is 4.79 Å². The fourth-order valence-corrected chi connectivity index (χ4v) is 1.67. The zero-order valence-corrected chi connectivity index (χ0v) is 10.7. The van der Waals surface area contributed by atoms with Gasteiger partial charge in [-0.15, -0.1) is 0 Å². The highest BCUT2D eigenvalue weighted by atomic mass is 16.2. The van der Waals surface area contributed by atoms with E-state index in [1.807, 2.05) is 19.1 Å². The Balaban J connectivity index is 2.51. The molecular weight excluding hydrogens is 214 g/mol. The standard InChI is InChI=1S/C13H21N3O/c1-9(2)8-12(14)13(17)16-10(3)11-4-6-15-7-5-11/h4-7,9-10,12H,8,14H2,1-3H3,(H,16,17)/t10-,12-/m0/s1. The largest absolute Gasteiger partial charge is 0.348 e. The number of nitrogens with zero attached hydrogens (tertiary/aromatic N) is 1. The Morgan fingerprint density at radius 2 is 1.94 bits per heavy atom. The van der Waals surface area contributed by atoms with E-state index in [-0.39, 0.29) is 11.9 Å². The quantitative estimate of drug-likeness (QED) is 0.815. The van der Waals surface area contributed by atoms with Crippen molar-refractivity contribution in [2.45, 2.75) is 39.3 Å². The molecule has 0 unspecified atom stereocenters. The van der Waals surface area contributed by atoms with Crippen molar-refractivity contribution in [3.05, 3.63) is 30.1 Å². The molecule has 0 fully saturated rings. The van der Waals surface area contributed by atoms with Gasteiger partial charge in [0.1, 0.15) is 0 Å². The maximum absolute atomic E-state index is 11.8. The van der Waals surface area contributed by atoms with Gasteiger partial charge in [0.15, 0.2) is 0 Å². The summed E-state index contributed by atoms with van der Waals surface area (Å²) in [5, 5.41) is 2.91. The molecule has 0 saturated carbocycles. The van der Waals surface area contributed by atoms with Crippen molar-refractivity contribution in [3.63, 3.8) is 0 Å². The molecule has 4 nitrogen and oxygen atoms in total. The second-order valence-corrected chi connectivity index (χ2v) is 4.75. The van der Waals surface area contributed by atoms with E-state index >= 15 is 0 Å². The van der Waals surface area contributed by atoms with Gasteiger partial charge >= 0.3 is 0 Å². The number of rotatable bonds is 5. The molecule has 3 N–H and O–H groups in total. The van der Waals surface area contributed by atoms with Crippen molar-refractivity contribution < 1.29 is 4.79 Å². The Morgan fingerprint density at radius 1 is 1.35 bits per heavy atom. The van der Waals surface area contributed by atoms with Crippen LogP contribution in [0, 0.1) is 5.92 Å². The lowest BCUT2D eigenvalue weighted by molar-refractivity contribution is -0.123. The molecule has 1 heterocycles. The molecule has 1 aromatic rings. The number of carbonyl (C=O) groups is 1. The number of nitrogens with one attached hydrogen (secondary N) is 1. The molecule has 0 saturated heterocycles. The number of amides is 1. The van der Waals surface area contributed by atoms with Gasteiger partial charge in [0.05, 0.1) is 12.1 Å². The van der Waals surface area contributed by atoms with E-state index in [2.05, 4.69) is 24.1 Å². The first kappa shape index (κ1) is 13.6. The van der Waals surface area contributed by atoms with Gasteiger partial charge in [-0.3, -0.25) is 9.78 Å². The molecule has 2 atom stereocenters. The molecule has 1 amide bonds. The highest BCUT2D eigenvalue weighted by molar-refractivity contribution is 5.81. The lowest BCUT2D eigenvalue weighted by Crippen LogP contribution is -2.42. The van der Waals surface area contributed by atoms with Gasteiger partial charge in [0.2, 0.25) is 5.91 Å². The summed E-state index contributed by atoms with van der Waals surface area (Å²) in [6.07, 6.45) is 4.13. The van der Waals surface area contributed by atoms with Crippen LogP contribution in [0.5, 0.6) is 0 Å². The first-order chi connectivity index (χ1) is 8.00. The van der Waals surface area contributed by atoms with E-state index in [9.17, 15) is 4.79 Å². The number of hydrogen-bond donors (Lipinski definition) is 2. The molecule has 0 aliphatic heterocycles. The van der Waals surface area contributed by atoms with E-state index < -0.39 is 6.04 Å². The first-order valence-electron chi connectivity index (χ1n) is 5.96. The van der Waals surface area contributed by atoms with Gasteiger partial charge in [0, 0.05) is 12.4 Å². The molecular formula is C13H21N3O. The minimum absolute atomic E-state index is 0.0382. The third kappa shape index (κ3) is 4.53. The van der Waals surface area contributed by atoms with Gasteiger partial charge in [-0.2, -0.15) is 0 Å². The van der Waals surface area contributed by atoms with E-state index in [1.54, 1.807) is 12.4 Å². The molecule has 0 aliphatic carbocycles. The summed E-state index contributed by atoms with van der Waals surface area (Å²) in [6, 6.07) is 3.31. The van der Waals surface area contributed by atoms with Crippen molar-refractivity contribution in [1.82, 2.24) is 10.3 Å². The highest BCUT2D eigenvalue weighted by Gasteiger charge is 2.17. The zero-order valence-electron chi connectivity index (χ0n) is 10.7. The molecule has 0 aromatic carbocycles. The third-order valence-electron chi connectivity index (χ3n) is 2.63. The highest BCUT2D eigenvalue weighted by Crippen LogP contribution is 2.11. The molecule has 1 rings (SSSR count). The van der Waals surface area contributed by atoms with Crippen molar-refractivity contribution in [3.8, 4) is 0 Å². The fourth-order valence-electron chi connectivity index (χ4n) is 1.67. The Labute approximate surface area is 103 Å². The van der Waals surface area contributed by atoms with Crippen LogP contribution in [0.25, 0.3) is 0 Å². The van der Waals surface area contributed by atoms with E-state index in [0.29, 0.717) is 12.3 Å². The van der Waals surface area contributed by atoms with Crippen LogP contribution < -0.4 is 11.1 Å². The number of carbonyl (C=O) groups excluding carboxylic acids is 1. The maximum Gasteiger partial charge on any atom is 0.237 e. The predicted octanol–water partition coefficient (Wildman–Crippen LogP) is 1.63. The number of aromatic nitrogens is 1. The second kappa shape index (κ2) is 6.35. The lowest BCUT2D eigenvalue weighted by atomic mass is 10.0. The van der Waals surface area contributed by atoms with Gasteiger partial charge in [-0.1, -0.05) is 13.8 Å². The summed E-state index contributed by atoms with van der Waals surface area (Å²) in [6.45, 7) is 6.05. The monoisotopic (exact) mass is 235 g/mol. The van der Waals surface area contributed by atoms with Crippen molar-refractivity contribution in [1.29, 1.82) is 0 Å². The van der Waals surface area contributed by atoms with Gasteiger partial charge < -0.3 is 11.1 Å². The number of nitrogens with two attached hydrogens (primary N) is 1. The topological polar surface area (TPSA) is 68.0 Å². The minimum atomic E-state index is -0.431. The van der Waals surface area contributed by atoms with Crippen LogP contribution in [0.1, 0.15) is 38.8 Å². The number of hydrogen-bond acceptors (Lipinski definition) is 3. The van der Waals surface area contributed by atoms with Crippen molar-refractivity contribution >= 4 is 5.91 Å². The lowest BCUT2D eigenvalue weighted by Gasteiger charge is -2.18. The summed E-state index contributed by atoms with van der Waals surface area (Å²) in [5.41, 5.74) is 6.85. The minimum Gasteiger partial charge on any atom is -0.348 e. The zero-order chi connectivity index (χ0) is 12.8. The van der Waals surface area contributed by atoms with Gasteiger partial charge in [-0.25, -0.2) is 0 Å². The van der Waals surface area contributed by atoms with Crippen LogP contribution >= 0.6 is 0 Å². The Bertz CT molecular complexity index is 351. The van der Waals surface area contributed by atoms with E-state index in [1.165, 1.54) is 0 Å².